The second kappa shape index (κ2) is 5.10. The molecule has 2 rings (SSSR count). The molecule has 82 valence electrons. The van der Waals surface area contributed by atoms with Crippen LogP contribution in [0.4, 0.5) is 0 Å². The summed E-state index contributed by atoms with van der Waals surface area (Å²) in [6, 6.07) is 1.52. The molecule has 0 bridgehead atoms. The first-order valence-electron chi connectivity index (χ1n) is 6.00. The Bertz CT molecular complexity index is 166. The van der Waals surface area contributed by atoms with Gasteiger partial charge in [0.1, 0.15) is 0 Å². The number of hydrogen-bond acceptors (Lipinski definition) is 3. The predicted molar refractivity (Wildman–Crippen MR) is 59.5 cm³/mol. The van der Waals surface area contributed by atoms with Crippen molar-refractivity contribution >= 4 is 0 Å². The van der Waals surface area contributed by atoms with Crippen LogP contribution in [0.5, 0.6) is 0 Å². The summed E-state index contributed by atoms with van der Waals surface area (Å²) < 4.78 is 0. The Morgan fingerprint density at radius 1 is 1.29 bits per heavy atom. The molecule has 0 aromatic heterocycles. The summed E-state index contributed by atoms with van der Waals surface area (Å²) in [5.41, 5.74) is 0. The normalized spacial score (nSPS) is 35.8. The van der Waals surface area contributed by atoms with Crippen molar-refractivity contribution in [3.8, 4) is 0 Å². The number of piperidine rings is 1. The van der Waals surface area contributed by atoms with E-state index in [1.165, 1.54) is 45.3 Å². The van der Waals surface area contributed by atoms with E-state index in [1.807, 2.05) is 0 Å². The van der Waals surface area contributed by atoms with Gasteiger partial charge in [0.25, 0.3) is 0 Å². The van der Waals surface area contributed by atoms with E-state index in [4.69, 9.17) is 0 Å². The molecule has 2 aliphatic rings. The van der Waals surface area contributed by atoms with Gasteiger partial charge in [-0.25, -0.2) is 0 Å². The second-order valence-corrected chi connectivity index (χ2v) is 4.72. The molecule has 2 saturated heterocycles. The summed E-state index contributed by atoms with van der Waals surface area (Å²) in [5, 5.41) is 7.12. The zero-order chi connectivity index (χ0) is 9.80. The van der Waals surface area contributed by atoms with Crippen LogP contribution in [-0.4, -0.2) is 50.2 Å². The Labute approximate surface area is 87.2 Å². The minimum absolute atomic E-state index is 0.749. The maximum atomic E-state index is 3.63. The van der Waals surface area contributed by atoms with Gasteiger partial charge < -0.3 is 15.5 Å². The zero-order valence-corrected chi connectivity index (χ0v) is 9.26. The van der Waals surface area contributed by atoms with E-state index in [1.54, 1.807) is 0 Å². The van der Waals surface area contributed by atoms with Gasteiger partial charge in [0, 0.05) is 31.7 Å². The molecular formula is C11H23N3. The van der Waals surface area contributed by atoms with Crippen molar-refractivity contribution < 1.29 is 0 Å². The van der Waals surface area contributed by atoms with Crippen molar-refractivity contribution in [3.63, 3.8) is 0 Å². The summed E-state index contributed by atoms with van der Waals surface area (Å²) in [5.74, 6) is 0. The van der Waals surface area contributed by atoms with Gasteiger partial charge in [0.2, 0.25) is 0 Å². The van der Waals surface area contributed by atoms with Gasteiger partial charge >= 0.3 is 0 Å². The van der Waals surface area contributed by atoms with E-state index in [0.29, 0.717) is 0 Å². The molecule has 3 heteroatoms. The summed E-state index contributed by atoms with van der Waals surface area (Å²) in [7, 11) is 2.26. The van der Waals surface area contributed by atoms with Gasteiger partial charge in [0.15, 0.2) is 0 Å². The first-order chi connectivity index (χ1) is 6.86. The quantitative estimate of drug-likeness (QED) is 0.672. The first-order valence-corrected chi connectivity index (χ1v) is 6.00. The predicted octanol–water partition coefficient (Wildman–Crippen LogP) is 0.422. The number of likely N-dealkylation sites (N-methyl/N-ethyl adjacent to an activating group) is 1. The second-order valence-electron chi connectivity index (χ2n) is 4.72. The van der Waals surface area contributed by atoms with E-state index < -0.39 is 0 Å². The standard InChI is InChI=1S/C11H23N3/c1-14-7-6-12-9-11(14)8-10-4-2-3-5-13-10/h10-13H,2-9H2,1H3. The summed E-state index contributed by atoms with van der Waals surface area (Å²) in [6.45, 7) is 4.77. The van der Waals surface area contributed by atoms with Crippen LogP contribution in [0.1, 0.15) is 25.7 Å². The van der Waals surface area contributed by atoms with Crippen LogP contribution >= 0.6 is 0 Å². The third kappa shape index (κ3) is 2.69. The lowest BCUT2D eigenvalue weighted by Crippen LogP contribution is -2.52. The molecule has 0 aromatic rings. The smallest absolute Gasteiger partial charge is 0.0232 e. The van der Waals surface area contributed by atoms with Crippen LogP contribution in [0.3, 0.4) is 0 Å². The van der Waals surface area contributed by atoms with Gasteiger partial charge in [-0.1, -0.05) is 6.42 Å². The highest BCUT2D eigenvalue weighted by molar-refractivity contribution is 4.83. The number of nitrogens with one attached hydrogen (secondary N) is 2. The molecule has 0 amide bonds. The van der Waals surface area contributed by atoms with Crippen molar-refractivity contribution in [2.75, 3.05) is 33.2 Å². The molecule has 0 aromatic carbocycles. The third-order valence-electron chi connectivity index (χ3n) is 3.61. The molecule has 2 aliphatic heterocycles. The maximum absolute atomic E-state index is 3.63. The van der Waals surface area contributed by atoms with Gasteiger partial charge in [-0.3, -0.25) is 0 Å². The van der Waals surface area contributed by atoms with Crippen LogP contribution in [-0.2, 0) is 0 Å². The van der Waals surface area contributed by atoms with Gasteiger partial charge in [-0.05, 0) is 32.9 Å². The van der Waals surface area contributed by atoms with Gasteiger partial charge in [-0.2, -0.15) is 0 Å². The Hall–Kier alpha value is -0.120. The van der Waals surface area contributed by atoms with Crippen molar-refractivity contribution in [2.45, 2.75) is 37.8 Å². The molecule has 0 spiro atoms. The molecular weight excluding hydrogens is 174 g/mol. The van der Waals surface area contributed by atoms with Crippen molar-refractivity contribution in [1.29, 1.82) is 0 Å². The van der Waals surface area contributed by atoms with Crippen LogP contribution in [0, 0.1) is 0 Å². The lowest BCUT2D eigenvalue weighted by Gasteiger charge is -2.36. The minimum Gasteiger partial charge on any atom is -0.314 e. The SMILES string of the molecule is CN1CCNCC1CC1CCCCN1. The lowest BCUT2D eigenvalue weighted by molar-refractivity contribution is 0.170. The van der Waals surface area contributed by atoms with E-state index in [0.717, 1.165) is 18.6 Å². The molecule has 3 nitrogen and oxygen atoms in total. The number of rotatable bonds is 2. The molecule has 2 atom stereocenters. The van der Waals surface area contributed by atoms with Crippen molar-refractivity contribution in [2.24, 2.45) is 0 Å². The topological polar surface area (TPSA) is 27.3 Å². The minimum atomic E-state index is 0.749. The zero-order valence-electron chi connectivity index (χ0n) is 9.26. The number of nitrogens with zero attached hydrogens (tertiary/aromatic N) is 1. The summed E-state index contributed by atoms with van der Waals surface area (Å²) >= 11 is 0. The van der Waals surface area contributed by atoms with Crippen LogP contribution in [0.2, 0.25) is 0 Å². The Morgan fingerprint density at radius 3 is 2.93 bits per heavy atom. The van der Waals surface area contributed by atoms with E-state index in [2.05, 4.69) is 22.6 Å². The van der Waals surface area contributed by atoms with E-state index in [-0.39, 0.29) is 0 Å². The highest BCUT2D eigenvalue weighted by Crippen LogP contribution is 2.15. The van der Waals surface area contributed by atoms with Gasteiger partial charge in [-0.15, -0.1) is 0 Å². The maximum Gasteiger partial charge on any atom is 0.0232 e. The molecule has 0 saturated carbocycles. The summed E-state index contributed by atoms with van der Waals surface area (Å²) in [6.07, 6.45) is 5.49. The van der Waals surface area contributed by atoms with Crippen LogP contribution < -0.4 is 10.6 Å². The average Bonchev–Trinajstić information content (AvgIpc) is 2.23. The van der Waals surface area contributed by atoms with Crippen LogP contribution in [0.15, 0.2) is 0 Å². The third-order valence-corrected chi connectivity index (χ3v) is 3.61. The fourth-order valence-electron chi connectivity index (χ4n) is 2.58. The lowest BCUT2D eigenvalue weighted by atomic mass is 9.97. The Morgan fingerprint density at radius 2 is 2.21 bits per heavy atom. The summed E-state index contributed by atoms with van der Waals surface area (Å²) in [4.78, 5) is 2.51. The first kappa shape index (κ1) is 10.4. The van der Waals surface area contributed by atoms with Crippen molar-refractivity contribution in [3.05, 3.63) is 0 Å². The van der Waals surface area contributed by atoms with E-state index >= 15 is 0 Å². The average molecular weight is 197 g/mol. The monoisotopic (exact) mass is 197 g/mol. The number of piperazine rings is 1. The molecule has 2 unspecified atom stereocenters. The van der Waals surface area contributed by atoms with Crippen LogP contribution in [0.25, 0.3) is 0 Å². The molecule has 0 radical (unpaired) electrons. The van der Waals surface area contributed by atoms with E-state index in [9.17, 15) is 0 Å². The molecule has 14 heavy (non-hydrogen) atoms. The molecule has 2 fully saturated rings. The molecule has 0 aliphatic carbocycles. The fourth-order valence-corrected chi connectivity index (χ4v) is 2.58. The molecule has 2 heterocycles. The highest BCUT2D eigenvalue weighted by Gasteiger charge is 2.23. The Balaban J connectivity index is 1.76. The van der Waals surface area contributed by atoms with Gasteiger partial charge in [0.05, 0.1) is 0 Å². The fraction of sp³-hybridized carbons (Fsp3) is 1.00. The van der Waals surface area contributed by atoms with Crippen molar-refractivity contribution in [1.82, 2.24) is 15.5 Å². The number of hydrogen-bond donors (Lipinski definition) is 2. The molecule has 2 N–H and O–H groups in total. The highest BCUT2D eigenvalue weighted by atomic mass is 15.2. The Kier molecular flexibility index (Phi) is 3.79. The largest absolute Gasteiger partial charge is 0.314 e.